The molecule has 8 nitrogen and oxygen atoms in total. The van der Waals surface area contributed by atoms with Crippen molar-refractivity contribution in [2.45, 2.75) is 13.8 Å². The number of hydrogen-bond acceptors (Lipinski definition) is 6. The van der Waals surface area contributed by atoms with Crippen molar-refractivity contribution >= 4 is 31.5 Å². The van der Waals surface area contributed by atoms with Gasteiger partial charge in [-0.25, -0.2) is 21.6 Å². The molecule has 10 heteroatoms. The van der Waals surface area contributed by atoms with Gasteiger partial charge in [-0.15, -0.1) is 0 Å². The van der Waals surface area contributed by atoms with E-state index in [1.165, 1.54) is 6.20 Å². The van der Waals surface area contributed by atoms with Crippen LogP contribution >= 0.6 is 0 Å². The maximum Gasteiger partial charge on any atom is 0.342 e. The summed E-state index contributed by atoms with van der Waals surface area (Å²) in [5.41, 5.74) is 0.577. The molecule has 2 N–H and O–H groups in total. The molecule has 1 rings (SSSR count). The SMILES string of the molecule is CCOC(=O)c1c(NS(=O)(=O)CCS(C)(=O)=O)c[nH]c1C. The molecule has 0 unspecified atom stereocenters. The molecule has 0 aliphatic heterocycles. The largest absolute Gasteiger partial charge is 0.462 e. The normalized spacial score (nSPS) is 12.1. The monoisotopic (exact) mass is 338 g/mol. The molecule has 1 aromatic rings. The van der Waals surface area contributed by atoms with Gasteiger partial charge in [-0.1, -0.05) is 0 Å². The lowest BCUT2D eigenvalue weighted by molar-refractivity contribution is 0.0527. The summed E-state index contributed by atoms with van der Waals surface area (Å²) < 4.78 is 52.8. The average molecular weight is 338 g/mol. The summed E-state index contributed by atoms with van der Waals surface area (Å²) >= 11 is 0. The fourth-order valence-electron chi connectivity index (χ4n) is 1.55. The van der Waals surface area contributed by atoms with E-state index in [1.807, 2.05) is 0 Å². The van der Waals surface area contributed by atoms with E-state index < -0.39 is 37.3 Å². The van der Waals surface area contributed by atoms with E-state index in [9.17, 15) is 21.6 Å². The third-order valence-electron chi connectivity index (χ3n) is 2.55. The number of sulfone groups is 1. The van der Waals surface area contributed by atoms with Crippen molar-refractivity contribution in [3.05, 3.63) is 17.5 Å². The number of rotatable bonds is 7. The summed E-state index contributed by atoms with van der Waals surface area (Å²) in [6, 6.07) is 0. The second kappa shape index (κ2) is 6.48. The first-order valence-corrected chi connectivity index (χ1v) is 9.80. The molecule has 1 aromatic heterocycles. The van der Waals surface area contributed by atoms with Crippen LogP contribution < -0.4 is 4.72 Å². The Morgan fingerprint density at radius 2 is 1.90 bits per heavy atom. The molecule has 0 spiro atoms. The van der Waals surface area contributed by atoms with Gasteiger partial charge in [-0.2, -0.15) is 0 Å². The van der Waals surface area contributed by atoms with Crippen LogP contribution in [0.4, 0.5) is 5.69 Å². The molecule has 0 bridgehead atoms. The first-order valence-electron chi connectivity index (χ1n) is 6.09. The van der Waals surface area contributed by atoms with E-state index >= 15 is 0 Å². The Labute approximate surface area is 123 Å². The zero-order chi connectivity index (χ0) is 16.3. The van der Waals surface area contributed by atoms with Crippen LogP contribution in [0.25, 0.3) is 0 Å². The third kappa shape index (κ3) is 5.38. The highest BCUT2D eigenvalue weighted by Crippen LogP contribution is 2.21. The number of sulfonamides is 1. The zero-order valence-corrected chi connectivity index (χ0v) is 13.6. The van der Waals surface area contributed by atoms with Gasteiger partial charge in [-0.3, -0.25) is 4.72 Å². The molecule has 0 fully saturated rings. The second-order valence-electron chi connectivity index (χ2n) is 4.47. The summed E-state index contributed by atoms with van der Waals surface area (Å²) in [5, 5.41) is 0. The standard InChI is InChI=1S/C11H18N2O6S2/c1-4-19-11(14)10-8(2)12-7-9(10)13-21(17,18)6-5-20(3,15)16/h7,12-13H,4-6H2,1-3H3. The summed E-state index contributed by atoms with van der Waals surface area (Å²) in [7, 11) is -7.28. The Kier molecular flexibility index (Phi) is 5.40. The first-order chi connectivity index (χ1) is 9.56. The minimum Gasteiger partial charge on any atom is -0.462 e. The number of carbonyl (C=O) groups is 1. The summed E-state index contributed by atoms with van der Waals surface area (Å²) in [6.07, 6.45) is 2.27. The summed E-state index contributed by atoms with van der Waals surface area (Å²) in [4.78, 5) is 14.5. The van der Waals surface area contributed by atoms with E-state index in [4.69, 9.17) is 4.74 Å². The van der Waals surface area contributed by atoms with E-state index in [0.29, 0.717) is 5.69 Å². The number of anilines is 1. The van der Waals surface area contributed by atoms with Gasteiger partial charge in [0.2, 0.25) is 10.0 Å². The lowest BCUT2D eigenvalue weighted by Crippen LogP contribution is -2.23. The van der Waals surface area contributed by atoms with Gasteiger partial charge < -0.3 is 9.72 Å². The van der Waals surface area contributed by atoms with Crippen LogP contribution in [-0.4, -0.2) is 52.2 Å². The maximum absolute atomic E-state index is 11.8. The third-order valence-corrected chi connectivity index (χ3v) is 5.02. The highest BCUT2D eigenvalue weighted by Gasteiger charge is 2.22. The number of carbonyl (C=O) groups excluding carboxylic acids is 1. The maximum atomic E-state index is 11.8. The smallest absolute Gasteiger partial charge is 0.342 e. The van der Waals surface area contributed by atoms with Crippen molar-refractivity contribution in [3.63, 3.8) is 0 Å². The molecule has 0 aromatic carbocycles. The molecular formula is C11H18N2O6S2. The Balaban J connectivity index is 2.95. The van der Waals surface area contributed by atoms with Crippen LogP contribution in [0.15, 0.2) is 6.20 Å². The lowest BCUT2D eigenvalue weighted by atomic mass is 10.2. The number of H-pyrrole nitrogens is 1. The number of hydrogen-bond donors (Lipinski definition) is 2. The number of esters is 1. The molecule has 0 aliphatic carbocycles. The quantitative estimate of drug-likeness (QED) is 0.689. The predicted octanol–water partition coefficient (Wildman–Crippen LogP) is 0.286. The highest BCUT2D eigenvalue weighted by atomic mass is 32.2. The Hall–Kier alpha value is -1.55. The Morgan fingerprint density at radius 3 is 2.43 bits per heavy atom. The second-order valence-corrected chi connectivity index (χ2v) is 8.58. The van der Waals surface area contributed by atoms with Crippen LogP contribution in [-0.2, 0) is 24.6 Å². The van der Waals surface area contributed by atoms with Crippen molar-refractivity contribution in [1.29, 1.82) is 0 Å². The van der Waals surface area contributed by atoms with Crippen LogP contribution in [0.5, 0.6) is 0 Å². The fraction of sp³-hybridized carbons (Fsp3) is 0.545. The van der Waals surface area contributed by atoms with Gasteiger partial charge >= 0.3 is 5.97 Å². The van der Waals surface area contributed by atoms with Gasteiger partial charge in [-0.05, 0) is 13.8 Å². The van der Waals surface area contributed by atoms with Crippen LogP contribution in [0, 0.1) is 6.92 Å². The molecule has 0 amide bonds. The van der Waals surface area contributed by atoms with Gasteiger partial charge in [0.1, 0.15) is 15.4 Å². The Morgan fingerprint density at radius 1 is 1.29 bits per heavy atom. The number of aromatic nitrogens is 1. The van der Waals surface area contributed by atoms with E-state index in [0.717, 1.165) is 6.26 Å². The van der Waals surface area contributed by atoms with Gasteiger partial charge in [0.15, 0.2) is 0 Å². The van der Waals surface area contributed by atoms with Gasteiger partial charge in [0, 0.05) is 18.1 Å². The molecular weight excluding hydrogens is 320 g/mol. The van der Waals surface area contributed by atoms with E-state index in [1.54, 1.807) is 13.8 Å². The van der Waals surface area contributed by atoms with Crippen molar-refractivity contribution in [2.24, 2.45) is 0 Å². The minimum absolute atomic E-state index is 0.0412. The summed E-state index contributed by atoms with van der Waals surface area (Å²) in [6.45, 7) is 3.39. The molecule has 0 aliphatic rings. The number of nitrogens with one attached hydrogen (secondary N) is 2. The molecule has 0 saturated carbocycles. The first kappa shape index (κ1) is 17.5. The summed E-state index contributed by atoms with van der Waals surface area (Å²) in [5.74, 6) is -1.74. The molecule has 0 radical (unpaired) electrons. The fourth-order valence-corrected chi connectivity index (χ4v) is 4.24. The molecule has 120 valence electrons. The topological polar surface area (TPSA) is 122 Å². The number of ether oxygens (including phenoxy) is 1. The average Bonchev–Trinajstić information content (AvgIpc) is 2.67. The Bertz CT molecular complexity index is 718. The molecule has 0 atom stereocenters. The number of aromatic amines is 1. The van der Waals surface area contributed by atoms with Gasteiger partial charge in [0.05, 0.1) is 23.8 Å². The van der Waals surface area contributed by atoms with Gasteiger partial charge in [0.25, 0.3) is 0 Å². The van der Waals surface area contributed by atoms with Crippen LogP contribution in [0.1, 0.15) is 23.0 Å². The van der Waals surface area contributed by atoms with Crippen molar-refractivity contribution in [1.82, 2.24) is 4.98 Å². The van der Waals surface area contributed by atoms with Crippen molar-refractivity contribution in [3.8, 4) is 0 Å². The van der Waals surface area contributed by atoms with Crippen molar-refractivity contribution in [2.75, 3.05) is 29.1 Å². The molecule has 0 saturated heterocycles. The van der Waals surface area contributed by atoms with E-state index in [-0.39, 0.29) is 17.9 Å². The van der Waals surface area contributed by atoms with Crippen LogP contribution in [0.2, 0.25) is 0 Å². The zero-order valence-electron chi connectivity index (χ0n) is 12.0. The minimum atomic E-state index is -3.88. The molecule has 21 heavy (non-hydrogen) atoms. The van der Waals surface area contributed by atoms with Crippen LogP contribution in [0.3, 0.4) is 0 Å². The number of aryl methyl sites for hydroxylation is 1. The van der Waals surface area contributed by atoms with E-state index in [2.05, 4.69) is 9.71 Å². The lowest BCUT2D eigenvalue weighted by Gasteiger charge is -2.08. The predicted molar refractivity (Wildman–Crippen MR) is 78.6 cm³/mol. The highest BCUT2D eigenvalue weighted by molar-refractivity contribution is 7.95. The van der Waals surface area contributed by atoms with Crippen molar-refractivity contribution < 1.29 is 26.4 Å². The molecule has 1 heterocycles.